The summed E-state index contributed by atoms with van der Waals surface area (Å²) in [6.07, 6.45) is 4.74. The fraction of sp³-hybridized carbons (Fsp3) is 0.571. The van der Waals surface area contributed by atoms with E-state index >= 15 is 0 Å². The van der Waals surface area contributed by atoms with E-state index in [4.69, 9.17) is 0 Å². The fourth-order valence-corrected chi connectivity index (χ4v) is 3.67. The number of nitrogens with one attached hydrogen (secondary N) is 2. The average molecular weight is 374 g/mol. The van der Waals surface area contributed by atoms with Gasteiger partial charge < -0.3 is 15.7 Å². The number of aliphatic carboxylic acids is 1. The Hall–Kier alpha value is -2.37. The molecular formula is C21H30N2O4. The van der Waals surface area contributed by atoms with Crippen molar-refractivity contribution in [2.24, 2.45) is 5.41 Å². The largest absolute Gasteiger partial charge is 0.481 e. The quantitative estimate of drug-likeness (QED) is 0.658. The molecule has 2 amide bonds. The van der Waals surface area contributed by atoms with E-state index in [0.717, 1.165) is 31.2 Å². The molecule has 2 rings (SSSR count). The standard InChI is InChI=1S/C21H30N2O4/c1-14(2)22-19(25)17-12-16(9-8-15(17)3)23-18(24)13-21(20(26)27)10-6-4-5-7-11-21/h8-9,12,14H,4-7,10-11,13H2,1-3H3,(H,22,25)(H,23,24)(H,26,27). The van der Waals surface area contributed by atoms with Crippen molar-refractivity contribution >= 4 is 23.5 Å². The molecule has 1 saturated carbocycles. The predicted molar refractivity (Wildman–Crippen MR) is 105 cm³/mol. The van der Waals surface area contributed by atoms with Crippen LogP contribution in [0, 0.1) is 12.3 Å². The van der Waals surface area contributed by atoms with Crippen LogP contribution in [0.1, 0.15) is 74.7 Å². The summed E-state index contributed by atoms with van der Waals surface area (Å²) in [7, 11) is 0. The van der Waals surface area contributed by atoms with E-state index in [1.807, 2.05) is 20.8 Å². The number of carbonyl (C=O) groups excluding carboxylic acids is 2. The van der Waals surface area contributed by atoms with Crippen LogP contribution in [0.2, 0.25) is 0 Å². The first-order chi connectivity index (χ1) is 12.7. The molecule has 3 N–H and O–H groups in total. The van der Waals surface area contributed by atoms with Crippen molar-refractivity contribution in [3.63, 3.8) is 0 Å². The third-order valence-electron chi connectivity index (χ3n) is 5.20. The minimum Gasteiger partial charge on any atom is -0.481 e. The number of benzene rings is 1. The smallest absolute Gasteiger partial charge is 0.310 e. The number of carbonyl (C=O) groups is 3. The van der Waals surface area contributed by atoms with Gasteiger partial charge in [0.15, 0.2) is 0 Å². The fourth-order valence-electron chi connectivity index (χ4n) is 3.67. The Kier molecular flexibility index (Phi) is 6.99. The summed E-state index contributed by atoms with van der Waals surface area (Å²) in [4.78, 5) is 36.8. The summed E-state index contributed by atoms with van der Waals surface area (Å²) in [6, 6.07) is 5.18. The van der Waals surface area contributed by atoms with Crippen molar-refractivity contribution in [1.29, 1.82) is 0 Å². The molecule has 1 aromatic rings. The van der Waals surface area contributed by atoms with Gasteiger partial charge in [-0.25, -0.2) is 0 Å². The van der Waals surface area contributed by atoms with E-state index in [1.54, 1.807) is 18.2 Å². The second-order valence-electron chi connectivity index (χ2n) is 7.88. The van der Waals surface area contributed by atoms with Crippen molar-refractivity contribution in [1.82, 2.24) is 5.32 Å². The van der Waals surface area contributed by atoms with Crippen LogP contribution in [0.25, 0.3) is 0 Å². The first kappa shape index (κ1) is 20.9. The van der Waals surface area contributed by atoms with Gasteiger partial charge in [0.05, 0.1) is 5.41 Å². The SMILES string of the molecule is Cc1ccc(NC(=O)CC2(C(=O)O)CCCCCC2)cc1C(=O)NC(C)C. The molecule has 6 nitrogen and oxygen atoms in total. The minimum absolute atomic E-state index is 0.0146. The van der Waals surface area contributed by atoms with Gasteiger partial charge in [0.2, 0.25) is 5.91 Å². The topological polar surface area (TPSA) is 95.5 Å². The van der Waals surface area contributed by atoms with Crippen LogP contribution < -0.4 is 10.6 Å². The van der Waals surface area contributed by atoms with Gasteiger partial charge in [-0.3, -0.25) is 14.4 Å². The molecule has 0 radical (unpaired) electrons. The lowest BCUT2D eigenvalue weighted by Crippen LogP contribution is -2.35. The van der Waals surface area contributed by atoms with Crippen LogP contribution in [-0.2, 0) is 9.59 Å². The van der Waals surface area contributed by atoms with Crippen molar-refractivity contribution in [2.75, 3.05) is 5.32 Å². The molecule has 1 aliphatic carbocycles. The van der Waals surface area contributed by atoms with Gasteiger partial charge in [-0.15, -0.1) is 0 Å². The number of aryl methyl sites for hydroxylation is 1. The lowest BCUT2D eigenvalue weighted by molar-refractivity contribution is -0.152. The third kappa shape index (κ3) is 5.55. The summed E-state index contributed by atoms with van der Waals surface area (Å²) in [6.45, 7) is 5.61. The molecule has 1 fully saturated rings. The maximum absolute atomic E-state index is 12.6. The van der Waals surface area contributed by atoms with Crippen LogP contribution in [0.4, 0.5) is 5.69 Å². The number of amides is 2. The van der Waals surface area contributed by atoms with Gasteiger partial charge in [0, 0.05) is 23.7 Å². The Morgan fingerprint density at radius 2 is 1.74 bits per heavy atom. The molecule has 0 spiro atoms. The van der Waals surface area contributed by atoms with E-state index < -0.39 is 11.4 Å². The Morgan fingerprint density at radius 3 is 2.30 bits per heavy atom. The Labute approximate surface area is 160 Å². The van der Waals surface area contributed by atoms with Gasteiger partial charge in [0.1, 0.15) is 0 Å². The van der Waals surface area contributed by atoms with Gasteiger partial charge >= 0.3 is 5.97 Å². The van der Waals surface area contributed by atoms with Crippen molar-refractivity contribution in [3.8, 4) is 0 Å². The van der Waals surface area contributed by atoms with Crippen molar-refractivity contribution in [2.45, 2.75) is 71.8 Å². The molecule has 0 aromatic heterocycles. The first-order valence-electron chi connectivity index (χ1n) is 9.68. The molecule has 0 atom stereocenters. The number of rotatable bonds is 6. The van der Waals surface area contributed by atoms with E-state index in [9.17, 15) is 19.5 Å². The van der Waals surface area contributed by atoms with E-state index in [-0.39, 0.29) is 24.3 Å². The summed E-state index contributed by atoms with van der Waals surface area (Å²) >= 11 is 0. The van der Waals surface area contributed by atoms with Crippen LogP contribution in [-0.4, -0.2) is 28.9 Å². The van der Waals surface area contributed by atoms with Crippen molar-refractivity contribution < 1.29 is 19.5 Å². The zero-order valence-corrected chi connectivity index (χ0v) is 16.4. The maximum Gasteiger partial charge on any atom is 0.310 e. The normalized spacial score (nSPS) is 16.4. The van der Waals surface area contributed by atoms with Crippen LogP contribution in [0.5, 0.6) is 0 Å². The lowest BCUT2D eigenvalue weighted by Gasteiger charge is -2.27. The number of carboxylic acids is 1. The van der Waals surface area contributed by atoms with Crippen LogP contribution >= 0.6 is 0 Å². The number of carboxylic acid groups (broad SMARTS) is 1. The third-order valence-corrected chi connectivity index (χ3v) is 5.20. The van der Waals surface area contributed by atoms with Crippen LogP contribution in [0.3, 0.4) is 0 Å². The van der Waals surface area contributed by atoms with Gasteiger partial charge in [0.25, 0.3) is 5.91 Å². The molecule has 148 valence electrons. The summed E-state index contributed by atoms with van der Waals surface area (Å²) in [5.41, 5.74) is 0.845. The minimum atomic E-state index is -0.983. The average Bonchev–Trinajstić information content (AvgIpc) is 2.82. The highest BCUT2D eigenvalue weighted by Gasteiger charge is 2.40. The summed E-state index contributed by atoms with van der Waals surface area (Å²) in [5, 5.41) is 15.4. The van der Waals surface area contributed by atoms with E-state index in [0.29, 0.717) is 24.1 Å². The Balaban J connectivity index is 2.12. The molecule has 0 bridgehead atoms. The Bertz CT molecular complexity index is 704. The number of hydrogen-bond donors (Lipinski definition) is 3. The monoisotopic (exact) mass is 374 g/mol. The second kappa shape index (κ2) is 9.02. The molecule has 0 unspecified atom stereocenters. The maximum atomic E-state index is 12.6. The molecule has 6 heteroatoms. The van der Waals surface area contributed by atoms with E-state index in [1.165, 1.54) is 0 Å². The molecule has 0 saturated heterocycles. The van der Waals surface area contributed by atoms with Gasteiger partial charge in [-0.2, -0.15) is 0 Å². The highest BCUT2D eigenvalue weighted by Crippen LogP contribution is 2.38. The predicted octanol–water partition coefficient (Wildman–Crippen LogP) is 3.89. The van der Waals surface area contributed by atoms with E-state index in [2.05, 4.69) is 10.6 Å². The molecule has 0 heterocycles. The first-order valence-corrected chi connectivity index (χ1v) is 9.68. The number of hydrogen-bond acceptors (Lipinski definition) is 3. The van der Waals surface area contributed by atoms with Crippen LogP contribution in [0.15, 0.2) is 18.2 Å². The lowest BCUT2D eigenvalue weighted by atomic mass is 9.77. The number of anilines is 1. The Morgan fingerprint density at radius 1 is 1.11 bits per heavy atom. The molecule has 0 aliphatic heterocycles. The molecule has 27 heavy (non-hydrogen) atoms. The van der Waals surface area contributed by atoms with Gasteiger partial charge in [-0.05, 0) is 51.3 Å². The zero-order chi connectivity index (χ0) is 20.0. The molecule has 1 aromatic carbocycles. The highest BCUT2D eigenvalue weighted by molar-refractivity contribution is 5.99. The molecular weight excluding hydrogens is 344 g/mol. The second-order valence-corrected chi connectivity index (χ2v) is 7.88. The highest BCUT2D eigenvalue weighted by atomic mass is 16.4. The van der Waals surface area contributed by atoms with Gasteiger partial charge in [-0.1, -0.05) is 31.7 Å². The summed E-state index contributed by atoms with van der Waals surface area (Å²) in [5.74, 6) is -1.40. The molecule has 1 aliphatic rings. The summed E-state index contributed by atoms with van der Waals surface area (Å²) < 4.78 is 0. The van der Waals surface area contributed by atoms with Crippen molar-refractivity contribution in [3.05, 3.63) is 29.3 Å². The zero-order valence-electron chi connectivity index (χ0n) is 16.4.